The van der Waals surface area contributed by atoms with Crippen LogP contribution in [-0.4, -0.2) is 9.97 Å². The van der Waals surface area contributed by atoms with E-state index in [0.29, 0.717) is 6.42 Å². The van der Waals surface area contributed by atoms with E-state index in [1.54, 1.807) is 0 Å². The Morgan fingerprint density at radius 2 is 2.14 bits per heavy atom. The van der Waals surface area contributed by atoms with Crippen molar-refractivity contribution in [3.63, 3.8) is 0 Å². The van der Waals surface area contributed by atoms with Crippen molar-refractivity contribution in [3.8, 4) is 0 Å². The average molecular weight is 203 g/mol. The number of alkyl halides is 3. The van der Waals surface area contributed by atoms with E-state index in [-0.39, 0.29) is 5.82 Å². The van der Waals surface area contributed by atoms with Crippen LogP contribution >= 0.6 is 0 Å². The second-order valence-corrected chi connectivity index (χ2v) is 2.90. The molecule has 0 unspecified atom stereocenters. The Bertz CT molecular complexity index is 296. The van der Waals surface area contributed by atoms with Crippen LogP contribution in [0.5, 0.6) is 0 Å². The third-order valence-electron chi connectivity index (χ3n) is 1.69. The minimum Gasteiger partial charge on any atom is -0.231 e. The van der Waals surface area contributed by atoms with Crippen molar-refractivity contribution in [1.82, 2.24) is 9.97 Å². The Morgan fingerprint density at radius 3 is 2.71 bits per heavy atom. The van der Waals surface area contributed by atoms with Gasteiger partial charge in [-0.25, -0.2) is 9.97 Å². The summed E-state index contributed by atoms with van der Waals surface area (Å²) in [5.41, 5.74) is -0.918. The first kappa shape index (κ1) is 10.9. The van der Waals surface area contributed by atoms with Gasteiger partial charge in [0.05, 0.1) is 6.20 Å². The molecule has 1 aromatic heterocycles. The number of aryl methyl sites for hydroxylation is 1. The highest BCUT2D eigenvalue weighted by Crippen LogP contribution is 2.26. The zero-order chi connectivity index (χ0) is 10.6. The van der Waals surface area contributed by atoms with Crippen molar-refractivity contribution in [2.24, 2.45) is 0 Å². The van der Waals surface area contributed by atoms with E-state index in [1.807, 2.05) is 6.92 Å². The number of nitrogens with zero attached hydrogens (tertiary/aromatic N) is 2. The van der Waals surface area contributed by atoms with Gasteiger partial charge in [-0.1, -0.05) is 13.3 Å². The smallest absolute Gasteiger partial charge is 0.231 e. The minimum absolute atomic E-state index is 0.210. The molecule has 5 heteroatoms. The highest BCUT2D eigenvalue weighted by molar-refractivity contribution is 5.05. The van der Waals surface area contributed by atoms with Crippen molar-refractivity contribution in [1.29, 1.82) is 0 Å². The summed E-state index contributed by atoms with van der Waals surface area (Å²) in [5, 5.41) is 0. The molecule has 1 aromatic rings. The molecule has 0 N–H and O–H groups in total. The van der Waals surface area contributed by atoms with E-state index < -0.39 is 11.9 Å². The summed E-state index contributed by atoms with van der Waals surface area (Å²) in [7, 11) is 0. The fourth-order valence-corrected chi connectivity index (χ4v) is 0.956. The molecule has 0 aliphatic rings. The van der Waals surface area contributed by atoms with E-state index >= 15 is 0 Å². The number of aromatic nitrogens is 2. The molecule has 77 valence electrons. The summed E-state index contributed by atoms with van der Waals surface area (Å²) >= 11 is 0. The summed E-state index contributed by atoms with van der Waals surface area (Å²) in [6, 6.07) is 0.759. The minimum atomic E-state index is -4.40. The topological polar surface area (TPSA) is 25.8 Å². The molecule has 0 aliphatic heterocycles. The van der Waals surface area contributed by atoms with Gasteiger partial charge >= 0.3 is 6.18 Å². The molecule has 0 saturated heterocycles. The van der Waals surface area contributed by atoms with Crippen molar-refractivity contribution in [2.45, 2.75) is 32.4 Å². The van der Waals surface area contributed by atoms with Gasteiger partial charge in [-0.15, -0.1) is 0 Å². The largest absolute Gasteiger partial charge is 0.433 e. The molecule has 0 bridgehead atoms. The first-order chi connectivity index (χ1) is 6.54. The van der Waals surface area contributed by atoms with Crippen LogP contribution in [0.1, 0.15) is 31.3 Å². The molecule has 0 aliphatic carbocycles. The van der Waals surface area contributed by atoms with Crippen molar-refractivity contribution in [3.05, 3.63) is 23.8 Å². The normalized spacial score (nSPS) is 11.7. The Balaban J connectivity index is 2.79. The van der Waals surface area contributed by atoms with Crippen LogP contribution in [0.15, 0.2) is 6.07 Å². The van der Waals surface area contributed by atoms with Gasteiger partial charge in [-0.3, -0.25) is 0 Å². The van der Waals surface area contributed by atoms with Crippen molar-refractivity contribution >= 4 is 0 Å². The van der Waals surface area contributed by atoms with E-state index in [4.69, 9.17) is 0 Å². The zero-order valence-electron chi connectivity index (χ0n) is 7.73. The molecule has 1 rings (SSSR count). The van der Waals surface area contributed by atoms with Gasteiger partial charge in [0, 0.05) is 6.42 Å². The maximum atomic E-state index is 12.2. The van der Waals surface area contributed by atoms with Gasteiger partial charge in [-0.2, -0.15) is 13.2 Å². The van der Waals surface area contributed by atoms with Gasteiger partial charge in [-0.05, 0) is 12.5 Å². The molecule has 0 amide bonds. The molecule has 0 saturated carbocycles. The lowest BCUT2D eigenvalue weighted by Crippen LogP contribution is -2.10. The second kappa shape index (κ2) is 4.39. The van der Waals surface area contributed by atoms with Gasteiger partial charge < -0.3 is 0 Å². The lowest BCUT2D eigenvalue weighted by atomic mass is 10.2. The molecule has 0 fully saturated rings. The highest BCUT2D eigenvalue weighted by atomic mass is 19.4. The fourth-order valence-electron chi connectivity index (χ4n) is 0.956. The van der Waals surface area contributed by atoms with Crippen molar-refractivity contribution in [2.75, 3.05) is 0 Å². The van der Waals surface area contributed by atoms with E-state index in [0.717, 1.165) is 18.9 Å². The number of rotatable bonds is 3. The number of hydrogen-bond donors (Lipinski definition) is 0. The van der Waals surface area contributed by atoms with Gasteiger partial charge in [0.2, 0.25) is 0 Å². The molecular formula is C9H10F3N2. The van der Waals surface area contributed by atoms with Gasteiger partial charge in [0.25, 0.3) is 0 Å². The molecule has 1 radical (unpaired) electrons. The highest BCUT2D eigenvalue weighted by Gasteiger charge is 2.32. The monoisotopic (exact) mass is 203 g/mol. The lowest BCUT2D eigenvalue weighted by molar-refractivity contribution is -0.141. The summed E-state index contributed by atoms with van der Waals surface area (Å²) in [5.74, 6) is 0.210. The predicted molar refractivity (Wildman–Crippen MR) is 44.5 cm³/mol. The summed E-state index contributed by atoms with van der Waals surface area (Å²) in [6.45, 7) is 1.96. The van der Waals surface area contributed by atoms with Crippen LogP contribution in [0.3, 0.4) is 0 Å². The number of unbranched alkanes of at least 4 members (excludes halogenated alkanes) is 1. The molecule has 0 atom stereocenters. The molecule has 0 spiro atoms. The van der Waals surface area contributed by atoms with Crippen LogP contribution in [0.25, 0.3) is 0 Å². The van der Waals surface area contributed by atoms with Crippen molar-refractivity contribution < 1.29 is 13.2 Å². The maximum Gasteiger partial charge on any atom is 0.433 e. The number of halogens is 3. The van der Waals surface area contributed by atoms with Crippen LogP contribution < -0.4 is 0 Å². The van der Waals surface area contributed by atoms with Gasteiger partial charge in [0.1, 0.15) is 11.5 Å². The Labute approximate surface area is 80.2 Å². The summed E-state index contributed by atoms with van der Waals surface area (Å²) in [4.78, 5) is 7.07. The summed E-state index contributed by atoms with van der Waals surface area (Å²) < 4.78 is 36.5. The Hall–Kier alpha value is -1.13. The van der Waals surface area contributed by atoms with E-state index in [9.17, 15) is 13.2 Å². The quantitative estimate of drug-likeness (QED) is 0.754. The predicted octanol–water partition coefficient (Wildman–Crippen LogP) is 2.64. The standard InChI is InChI=1S/C9H10F3N2/c1-2-3-4-8-13-6-5-7(14-8)9(10,11)12/h5H,2-4H2,1H3. The second-order valence-electron chi connectivity index (χ2n) is 2.90. The summed E-state index contributed by atoms with van der Waals surface area (Å²) in [6.07, 6.45) is -0.0314. The van der Waals surface area contributed by atoms with Crippen LogP contribution in [0, 0.1) is 6.20 Å². The Morgan fingerprint density at radius 1 is 1.43 bits per heavy atom. The van der Waals surface area contributed by atoms with Gasteiger partial charge in [0.15, 0.2) is 0 Å². The maximum absolute atomic E-state index is 12.2. The third-order valence-corrected chi connectivity index (χ3v) is 1.69. The molecular weight excluding hydrogens is 193 g/mol. The zero-order valence-corrected chi connectivity index (χ0v) is 7.73. The molecule has 2 nitrogen and oxygen atoms in total. The molecule has 14 heavy (non-hydrogen) atoms. The van der Waals surface area contributed by atoms with Crippen LogP contribution in [0.2, 0.25) is 0 Å². The first-order valence-electron chi connectivity index (χ1n) is 4.35. The fraction of sp³-hybridized carbons (Fsp3) is 0.556. The lowest BCUT2D eigenvalue weighted by Gasteiger charge is -2.05. The SMILES string of the molecule is CCCCc1n[c]cc(C(F)(F)F)n1. The third kappa shape index (κ3) is 2.97. The molecule has 1 heterocycles. The average Bonchev–Trinajstić information content (AvgIpc) is 2.14. The van der Waals surface area contributed by atoms with E-state index in [2.05, 4.69) is 16.2 Å². The first-order valence-corrected chi connectivity index (χ1v) is 4.35. The Kier molecular flexibility index (Phi) is 3.43. The van der Waals surface area contributed by atoms with Crippen LogP contribution in [0.4, 0.5) is 13.2 Å². The van der Waals surface area contributed by atoms with Crippen LogP contribution in [-0.2, 0) is 12.6 Å². The number of hydrogen-bond acceptors (Lipinski definition) is 2. The molecule has 0 aromatic carbocycles. The van der Waals surface area contributed by atoms with E-state index in [1.165, 1.54) is 0 Å².